The fraction of sp³-hybridized carbons (Fsp3) is 0.464. The fourth-order valence-electron chi connectivity index (χ4n) is 4.60. The summed E-state index contributed by atoms with van der Waals surface area (Å²) in [5.41, 5.74) is 4.25. The molecule has 1 saturated carbocycles. The van der Waals surface area contributed by atoms with E-state index < -0.39 is 10.0 Å². The molecule has 5 nitrogen and oxygen atoms in total. The predicted octanol–water partition coefficient (Wildman–Crippen LogP) is 7.66. The molecule has 188 valence electrons. The van der Waals surface area contributed by atoms with Crippen molar-refractivity contribution in [3.63, 3.8) is 0 Å². The van der Waals surface area contributed by atoms with Gasteiger partial charge in [-0.05, 0) is 67.0 Å². The number of rotatable bonds is 6. The number of anilines is 2. The molecule has 0 bridgehead atoms. The lowest BCUT2D eigenvalue weighted by atomic mass is 9.87. The zero-order chi connectivity index (χ0) is 25.2. The van der Waals surface area contributed by atoms with E-state index in [-0.39, 0.29) is 5.41 Å². The number of nitrogens with zero attached hydrogens (tertiary/aromatic N) is 1. The third-order valence-electron chi connectivity index (χ3n) is 6.72. The molecule has 2 aromatic carbocycles. The van der Waals surface area contributed by atoms with Gasteiger partial charge in [0.05, 0.1) is 15.5 Å². The zero-order valence-electron chi connectivity index (χ0n) is 21.4. The van der Waals surface area contributed by atoms with Crippen molar-refractivity contribution in [1.82, 2.24) is 4.98 Å². The molecule has 1 fully saturated rings. The Morgan fingerprint density at radius 1 is 0.943 bits per heavy atom. The number of thiazole rings is 1. The van der Waals surface area contributed by atoms with E-state index in [1.54, 1.807) is 17.4 Å². The summed E-state index contributed by atoms with van der Waals surface area (Å²) in [4.78, 5) is 6.06. The van der Waals surface area contributed by atoms with Gasteiger partial charge in [-0.3, -0.25) is 4.72 Å². The number of sulfonamides is 1. The van der Waals surface area contributed by atoms with E-state index in [0.717, 1.165) is 26.8 Å². The van der Waals surface area contributed by atoms with Gasteiger partial charge in [0.1, 0.15) is 0 Å². The van der Waals surface area contributed by atoms with Gasteiger partial charge in [-0.2, -0.15) is 0 Å². The number of hydrogen-bond acceptors (Lipinski definition) is 5. The zero-order valence-corrected chi connectivity index (χ0v) is 23.1. The molecule has 0 amide bonds. The third-order valence-corrected chi connectivity index (χ3v) is 9.38. The topological polar surface area (TPSA) is 71.1 Å². The number of nitrogens with one attached hydrogen (secondary N) is 2. The van der Waals surface area contributed by atoms with Gasteiger partial charge in [0.15, 0.2) is 5.13 Å². The number of benzene rings is 2. The Kier molecular flexibility index (Phi) is 7.57. The van der Waals surface area contributed by atoms with Crippen LogP contribution >= 0.6 is 11.3 Å². The van der Waals surface area contributed by atoms with Gasteiger partial charge in [-0.25, -0.2) is 13.4 Å². The summed E-state index contributed by atoms with van der Waals surface area (Å²) < 4.78 is 29.4. The normalized spacial score (nSPS) is 15.6. The summed E-state index contributed by atoms with van der Waals surface area (Å²) in [6.07, 6.45) is 7.53. The van der Waals surface area contributed by atoms with Gasteiger partial charge >= 0.3 is 0 Å². The van der Waals surface area contributed by atoms with Crippen LogP contribution in [-0.4, -0.2) is 19.4 Å². The van der Waals surface area contributed by atoms with Crippen LogP contribution in [0.15, 0.2) is 47.4 Å². The average Bonchev–Trinajstić information content (AvgIpc) is 2.97. The molecule has 1 aromatic heterocycles. The minimum Gasteiger partial charge on any atom is -0.359 e. The molecule has 7 heteroatoms. The van der Waals surface area contributed by atoms with Gasteiger partial charge in [0.2, 0.25) is 0 Å². The maximum Gasteiger partial charge on any atom is 0.262 e. The van der Waals surface area contributed by atoms with E-state index in [0.29, 0.717) is 22.2 Å². The van der Waals surface area contributed by atoms with Crippen LogP contribution in [0.3, 0.4) is 0 Å². The second-order valence-electron chi connectivity index (χ2n) is 10.7. The molecule has 35 heavy (non-hydrogen) atoms. The summed E-state index contributed by atoms with van der Waals surface area (Å²) in [7, 11) is -3.74. The van der Waals surface area contributed by atoms with Gasteiger partial charge in [-0.1, -0.05) is 82.1 Å². The van der Waals surface area contributed by atoms with E-state index in [1.807, 2.05) is 50.2 Å². The minimum absolute atomic E-state index is 0.0127. The molecule has 0 unspecified atom stereocenters. The van der Waals surface area contributed by atoms with Crippen molar-refractivity contribution in [1.29, 1.82) is 0 Å². The van der Waals surface area contributed by atoms with Crippen molar-refractivity contribution in [3.8, 4) is 10.4 Å². The highest BCUT2D eigenvalue weighted by Crippen LogP contribution is 2.36. The molecule has 4 rings (SSSR count). The maximum atomic E-state index is 13.3. The van der Waals surface area contributed by atoms with Gasteiger partial charge in [0.25, 0.3) is 10.0 Å². The summed E-state index contributed by atoms with van der Waals surface area (Å²) >= 11 is 1.61. The van der Waals surface area contributed by atoms with Crippen LogP contribution in [0.5, 0.6) is 0 Å². The predicted molar refractivity (Wildman–Crippen MR) is 148 cm³/mol. The summed E-state index contributed by atoms with van der Waals surface area (Å²) in [5, 5.41) is 4.56. The van der Waals surface area contributed by atoms with E-state index in [9.17, 15) is 8.42 Å². The molecule has 0 saturated heterocycles. The van der Waals surface area contributed by atoms with E-state index in [2.05, 4.69) is 30.8 Å². The molecule has 0 spiro atoms. The van der Waals surface area contributed by atoms with Crippen LogP contribution in [0.2, 0.25) is 0 Å². The number of aromatic nitrogens is 1. The molecular formula is C28H37N3O2S2. The first-order chi connectivity index (χ1) is 16.5. The van der Waals surface area contributed by atoms with Crippen LogP contribution in [0.1, 0.15) is 76.1 Å². The Hall–Kier alpha value is -2.38. The Bertz CT molecular complexity index is 1260. The van der Waals surface area contributed by atoms with Crippen LogP contribution in [-0.2, 0) is 15.4 Å². The van der Waals surface area contributed by atoms with E-state index in [4.69, 9.17) is 4.98 Å². The van der Waals surface area contributed by atoms with Gasteiger partial charge in [-0.15, -0.1) is 0 Å². The molecule has 2 N–H and O–H groups in total. The number of aryl methyl sites for hydroxylation is 2. The van der Waals surface area contributed by atoms with Crippen LogP contribution in [0.4, 0.5) is 10.8 Å². The smallest absolute Gasteiger partial charge is 0.262 e. The second-order valence-corrected chi connectivity index (χ2v) is 13.3. The van der Waals surface area contributed by atoms with Crippen molar-refractivity contribution >= 4 is 32.2 Å². The Morgan fingerprint density at radius 2 is 1.60 bits per heavy atom. The average molecular weight is 512 g/mol. The lowest BCUT2D eigenvalue weighted by Gasteiger charge is -2.19. The highest BCUT2D eigenvalue weighted by molar-refractivity contribution is 7.92. The minimum atomic E-state index is -3.74. The third kappa shape index (κ3) is 6.25. The number of hydrogen-bond donors (Lipinski definition) is 2. The summed E-state index contributed by atoms with van der Waals surface area (Å²) in [5.74, 6) is 0. The molecule has 0 aliphatic heterocycles. The van der Waals surface area contributed by atoms with Gasteiger partial charge in [0, 0.05) is 11.7 Å². The molecule has 0 radical (unpaired) electrons. The first-order valence-electron chi connectivity index (χ1n) is 12.5. The van der Waals surface area contributed by atoms with Gasteiger partial charge < -0.3 is 5.32 Å². The monoisotopic (exact) mass is 511 g/mol. The van der Waals surface area contributed by atoms with Crippen molar-refractivity contribution in [3.05, 3.63) is 59.3 Å². The van der Waals surface area contributed by atoms with Crippen molar-refractivity contribution in [2.45, 2.75) is 89.5 Å². The molecule has 3 aromatic rings. The standard InChI is InChI=1S/C28H37N3O2S2/c1-19-12-13-21(26-20(2)29-27(34-26)30-23-10-8-6-7-9-11-23)18-25(19)35(32,33)31-24-16-14-22(15-17-24)28(3,4)5/h12-18,23,31H,6-11H2,1-5H3,(H,29,30). The maximum absolute atomic E-state index is 13.3. The first kappa shape index (κ1) is 25.7. The molecule has 0 atom stereocenters. The van der Waals surface area contributed by atoms with Crippen molar-refractivity contribution in [2.24, 2.45) is 0 Å². The van der Waals surface area contributed by atoms with E-state index in [1.165, 1.54) is 38.5 Å². The Labute approximate surface area is 214 Å². The van der Waals surface area contributed by atoms with Crippen LogP contribution in [0, 0.1) is 13.8 Å². The molecule has 1 aliphatic rings. The molecular weight excluding hydrogens is 474 g/mol. The Morgan fingerprint density at radius 3 is 2.23 bits per heavy atom. The fourth-order valence-corrected chi connectivity index (χ4v) is 6.97. The lowest BCUT2D eigenvalue weighted by Crippen LogP contribution is -2.17. The quantitative estimate of drug-likeness (QED) is 0.333. The summed E-state index contributed by atoms with van der Waals surface area (Å²) in [6.45, 7) is 10.2. The SMILES string of the molecule is Cc1ccc(-c2sc(NC3CCCCCC3)nc2C)cc1S(=O)(=O)Nc1ccc(C(C)(C)C)cc1. The lowest BCUT2D eigenvalue weighted by molar-refractivity contribution is 0.590. The van der Waals surface area contributed by atoms with Crippen molar-refractivity contribution < 1.29 is 8.42 Å². The second kappa shape index (κ2) is 10.3. The molecule has 1 heterocycles. The Balaban J connectivity index is 1.57. The van der Waals surface area contributed by atoms with Crippen molar-refractivity contribution in [2.75, 3.05) is 10.0 Å². The molecule has 1 aliphatic carbocycles. The largest absolute Gasteiger partial charge is 0.359 e. The highest BCUT2D eigenvalue weighted by Gasteiger charge is 2.21. The van der Waals surface area contributed by atoms with E-state index >= 15 is 0 Å². The van der Waals surface area contributed by atoms with Crippen LogP contribution in [0.25, 0.3) is 10.4 Å². The highest BCUT2D eigenvalue weighted by atomic mass is 32.2. The first-order valence-corrected chi connectivity index (χ1v) is 14.8. The van der Waals surface area contributed by atoms with Crippen LogP contribution < -0.4 is 10.0 Å². The summed E-state index contributed by atoms with van der Waals surface area (Å²) in [6, 6.07) is 13.7.